The summed E-state index contributed by atoms with van der Waals surface area (Å²) >= 11 is 0. The second-order valence-electron chi connectivity index (χ2n) is 2.55. The Morgan fingerprint density at radius 2 is 2.18 bits per heavy atom. The molecule has 0 aromatic heterocycles. The Morgan fingerprint density at radius 3 is 2.73 bits per heavy atom. The topological polar surface area (TPSA) is 37.4 Å². The van der Waals surface area contributed by atoms with Crippen LogP contribution in [0.1, 0.15) is 13.8 Å². The number of hydrogen-bond acceptors (Lipinski definition) is 3. The molecule has 0 N–H and O–H groups in total. The molecule has 0 unspecified atom stereocenters. The molecule has 0 saturated heterocycles. The zero-order chi connectivity index (χ0) is 8.43. The van der Waals surface area contributed by atoms with Crippen molar-refractivity contribution >= 4 is 11.6 Å². The van der Waals surface area contributed by atoms with Gasteiger partial charge in [-0.1, -0.05) is 0 Å². The molecule has 0 radical (unpaired) electrons. The van der Waals surface area contributed by atoms with E-state index in [4.69, 9.17) is 0 Å². The number of carbonyl (C=O) groups excluding carboxylic acids is 2. The van der Waals surface area contributed by atoms with Gasteiger partial charge in [0.25, 0.3) is 0 Å². The third kappa shape index (κ3) is 1.31. The van der Waals surface area contributed by atoms with Gasteiger partial charge in [-0.15, -0.1) is 0 Å². The van der Waals surface area contributed by atoms with Crippen molar-refractivity contribution in [2.75, 3.05) is 6.54 Å². The molecule has 1 heterocycles. The number of ketones is 2. The van der Waals surface area contributed by atoms with Gasteiger partial charge in [-0.3, -0.25) is 9.59 Å². The van der Waals surface area contributed by atoms with Crippen molar-refractivity contribution < 1.29 is 9.59 Å². The molecule has 0 aliphatic carbocycles. The smallest absolute Gasteiger partial charge is 0.225 e. The standard InChI is InChI=1S/C8H11NO2/c1-3-9-5-4-7(10)8(11)6(9)2/h4-6H,3H2,1-2H3/t6-/m1/s1. The van der Waals surface area contributed by atoms with E-state index in [9.17, 15) is 9.59 Å². The lowest BCUT2D eigenvalue weighted by molar-refractivity contribution is -0.137. The van der Waals surface area contributed by atoms with Gasteiger partial charge in [0, 0.05) is 18.8 Å². The van der Waals surface area contributed by atoms with E-state index in [1.807, 2.05) is 11.8 Å². The highest BCUT2D eigenvalue weighted by Crippen LogP contribution is 2.07. The first-order valence-electron chi connectivity index (χ1n) is 3.69. The quantitative estimate of drug-likeness (QED) is 0.510. The lowest BCUT2D eigenvalue weighted by Gasteiger charge is -2.26. The number of rotatable bonds is 1. The number of Topliss-reactive ketones (excluding diaryl/α,β-unsaturated/α-hetero) is 1. The van der Waals surface area contributed by atoms with E-state index in [0.717, 1.165) is 6.54 Å². The second kappa shape index (κ2) is 2.86. The van der Waals surface area contributed by atoms with Gasteiger partial charge in [0.1, 0.15) is 0 Å². The van der Waals surface area contributed by atoms with Crippen LogP contribution in [0.2, 0.25) is 0 Å². The van der Waals surface area contributed by atoms with E-state index in [2.05, 4.69) is 0 Å². The molecule has 0 amide bonds. The minimum Gasteiger partial charge on any atom is -0.367 e. The monoisotopic (exact) mass is 153 g/mol. The van der Waals surface area contributed by atoms with Crippen LogP contribution in [0.5, 0.6) is 0 Å². The lowest BCUT2D eigenvalue weighted by atomic mass is 10.1. The van der Waals surface area contributed by atoms with Crippen LogP contribution in [0.3, 0.4) is 0 Å². The van der Waals surface area contributed by atoms with Crippen LogP contribution in [0.15, 0.2) is 12.3 Å². The summed E-state index contributed by atoms with van der Waals surface area (Å²) in [6.45, 7) is 4.45. The number of nitrogens with zero attached hydrogens (tertiary/aromatic N) is 1. The Balaban J connectivity index is 2.84. The molecule has 0 aromatic rings. The van der Waals surface area contributed by atoms with Crippen LogP contribution < -0.4 is 0 Å². The van der Waals surface area contributed by atoms with Crippen LogP contribution in [0.25, 0.3) is 0 Å². The highest BCUT2D eigenvalue weighted by molar-refractivity contribution is 6.43. The fraction of sp³-hybridized carbons (Fsp3) is 0.500. The molecule has 0 saturated carbocycles. The first-order valence-corrected chi connectivity index (χ1v) is 3.69. The molecule has 0 spiro atoms. The van der Waals surface area contributed by atoms with Gasteiger partial charge in [0.2, 0.25) is 11.6 Å². The molecule has 1 aliphatic rings. The SMILES string of the molecule is CCN1C=CC(=O)C(=O)[C@H]1C. The van der Waals surface area contributed by atoms with Crippen molar-refractivity contribution in [2.45, 2.75) is 19.9 Å². The maximum atomic E-state index is 11.1. The zero-order valence-corrected chi connectivity index (χ0v) is 6.70. The van der Waals surface area contributed by atoms with Crippen molar-refractivity contribution in [3.63, 3.8) is 0 Å². The highest BCUT2D eigenvalue weighted by atomic mass is 16.2. The zero-order valence-electron chi connectivity index (χ0n) is 6.70. The molecule has 1 rings (SSSR count). The van der Waals surface area contributed by atoms with E-state index in [-0.39, 0.29) is 17.6 Å². The van der Waals surface area contributed by atoms with E-state index in [1.54, 1.807) is 13.1 Å². The van der Waals surface area contributed by atoms with Gasteiger partial charge in [0.05, 0.1) is 6.04 Å². The summed E-state index contributed by atoms with van der Waals surface area (Å²) < 4.78 is 0. The fourth-order valence-corrected chi connectivity index (χ4v) is 1.11. The predicted octanol–water partition coefficient (Wildman–Crippen LogP) is 0.362. The third-order valence-electron chi connectivity index (χ3n) is 1.90. The van der Waals surface area contributed by atoms with Gasteiger partial charge in [0.15, 0.2) is 0 Å². The Morgan fingerprint density at radius 1 is 1.55 bits per heavy atom. The first kappa shape index (κ1) is 7.98. The van der Waals surface area contributed by atoms with Crippen molar-refractivity contribution in [2.24, 2.45) is 0 Å². The molecule has 60 valence electrons. The van der Waals surface area contributed by atoms with Crippen LogP contribution in [-0.4, -0.2) is 29.1 Å². The van der Waals surface area contributed by atoms with Gasteiger partial charge in [-0.05, 0) is 13.8 Å². The average molecular weight is 153 g/mol. The minimum atomic E-state index is -0.387. The molecule has 0 bridgehead atoms. The molecule has 0 aromatic carbocycles. The van der Waals surface area contributed by atoms with Gasteiger partial charge in [-0.2, -0.15) is 0 Å². The van der Waals surface area contributed by atoms with Crippen molar-refractivity contribution in [1.82, 2.24) is 4.90 Å². The second-order valence-corrected chi connectivity index (χ2v) is 2.55. The third-order valence-corrected chi connectivity index (χ3v) is 1.90. The Bertz CT molecular complexity index is 220. The summed E-state index contributed by atoms with van der Waals surface area (Å²) in [5.74, 6) is -0.698. The van der Waals surface area contributed by atoms with Gasteiger partial charge < -0.3 is 4.90 Å². The summed E-state index contributed by atoms with van der Waals surface area (Å²) in [6, 6.07) is -0.280. The van der Waals surface area contributed by atoms with Gasteiger partial charge >= 0.3 is 0 Å². The van der Waals surface area contributed by atoms with Crippen LogP contribution in [0, 0.1) is 0 Å². The summed E-state index contributed by atoms with van der Waals surface area (Å²) in [4.78, 5) is 23.7. The molecule has 3 heteroatoms. The van der Waals surface area contributed by atoms with Crippen molar-refractivity contribution in [1.29, 1.82) is 0 Å². The molecule has 1 aliphatic heterocycles. The average Bonchev–Trinajstić information content (AvgIpc) is 2.01. The van der Waals surface area contributed by atoms with Crippen molar-refractivity contribution in [3.8, 4) is 0 Å². The summed E-state index contributed by atoms with van der Waals surface area (Å²) in [5.41, 5.74) is 0. The molecular formula is C8H11NO2. The first-order chi connectivity index (χ1) is 5.16. The maximum absolute atomic E-state index is 11.1. The minimum absolute atomic E-state index is 0.280. The van der Waals surface area contributed by atoms with Crippen LogP contribution in [0.4, 0.5) is 0 Å². The largest absolute Gasteiger partial charge is 0.367 e. The maximum Gasteiger partial charge on any atom is 0.225 e. The summed E-state index contributed by atoms with van der Waals surface area (Å²) in [7, 11) is 0. The summed E-state index contributed by atoms with van der Waals surface area (Å²) in [5, 5.41) is 0. The van der Waals surface area contributed by atoms with Crippen LogP contribution in [-0.2, 0) is 9.59 Å². The van der Waals surface area contributed by atoms with E-state index in [1.165, 1.54) is 6.08 Å². The number of likely N-dealkylation sites (N-methyl/N-ethyl adjacent to an activating group) is 1. The van der Waals surface area contributed by atoms with Crippen molar-refractivity contribution in [3.05, 3.63) is 12.3 Å². The Kier molecular flexibility index (Phi) is 2.08. The Hall–Kier alpha value is -1.12. The van der Waals surface area contributed by atoms with E-state index in [0.29, 0.717) is 0 Å². The molecule has 0 fully saturated rings. The fourth-order valence-electron chi connectivity index (χ4n) is 1.11. The molecule has 11 heavy (non-hydrogen) atoms. The Labute approximate surface area is 65.7 Å². The lowest BCUT2D eigenvalue weighted by Crippen LogP contribution is -2.41. The van der Waals surface area contributed by atoms with E-state index < -0.39 is 0 Å². The number of allylic oxidation sites excluding steroid dienone is 1. The molecule has 1 atom stereocenters. The molecule has 3 nitrogen and oxygen atoms in total. The number of hydrogen-bond donors (Lipinski definition) is 0. The predicted molar refractivity (Wildman–Crippen MR) is 41.0 cm³/mol. The summed E-state index contributed by atoms with van der Waals surface area (Å²) in [6.07, 6.45) is 3.00. The van der Waals surface area contributed by atoms with Gasteiger partial charge in [-0.25, -0.2) is 0 Å². The molecular weight excluding hydrogens is 142 g/mol. The van der Waals surface area contributed by atoms with E-state index >= 15 is 0 Å². The highest BCUT2D eigenvalue weighted by Gasteiger charge is 2.26. The normalized spacial score (nSPS) is 24.5. The number of carbonyl (C=O) groups is 2. The van der Waals surface area contributed by atoms with Crippen LogP contribution >= 0.6 is 0 Å².